The summed E-state index contributed by atoms with van der Waals surface area (Å²) in [6.07, 6.45) is 4.61. The van der Waals surface area contributed by atoms with Crippen LogP contribution in [0.3, 0.4) is 0 Å². The molecule has 5 nitrogen and oxygen atoms in total. The van der Waals surface area contributed by atoms with E-state index in [1.165, 1.54) is 0 Å². The molecule has 0 unspecified atom stereocenters. The molecule has 2 aromatic rings. The van der Waals surface area contributed by atoms with Crippen LogP contribution in [0.15, 0.2) is 66.2 Å². The molecule has 0 radical (unpaired) electrons. The predicted octanol–water partition coefficient (Wildman–Crippen LogP) is 5.50. The van der Waals surface area contributed by atoms with Crippen LogP contribution < -0.4 is 4.74 Å². The van der Waals surface area contributed by atoms with Gasteiger partial charge in [0.15, 0.2) is 5.41 Å². The van der Waals surface area contributed by atoms with E-state index in [0.717, 1.165) is 30.4 Å². The predicted molar refractivity (Wildman–Crippen MR) is 112 cm³/mol. The fraction of sp³-hybridized carbons (Fsp3) is 0.280. The van der Waals surface area contributed by atoms with E-state index in [-0.39, 0.29) is 11.6 Å². The highest BCUT2D eigenvalue weighted by atomic mass is 16.5. The maximum Gasteiger partial charge on any atom is 0.189 e. The normalized spacial score (nSPS) is 24.4. The van der Waals surface area contributed by atoms with Crippen molar-refractivity contribution in [3.63, 3.8) is 0 Å². The van der Waals surface area contributed by atoms with Crippen LogP contribution in [0.1, 0.15) is 30.7 Å². The van der Waals surface area contributed by atoms with Crippen LogP contribution in [-0.2, 0) is 0 Å². The summed E-state index contributed by atoms with van der Waals surface area (Å²) in [5, 5.41) is 38.5. The van der Waals surface area contributed by atoms with Crippen LogP contribution in [0.2, 0.25) is 0 Å². The van der Waals surface area contributed by atoms with Crippen molar-refractivity contribution in [1.82, 2.24) is 0 Å². The molecule has 0 heterocycles. The zero-order chi connectivity index (χ0) is 21.1. The minimum atomic E-state index is -1.68. The number of rotatable bonds is 3. The molecule has 0 bridgehead atoms. The Morgan fingerprint density at radius 3 is 2.40 bits per heavy atom. The van der Waals surface area contributed by atoms with Crippen LogP contribution in [0.5, 0.6) is 11.5 Å². The summed E-state index contributed by atoms with van der Waals surface area (Å²) in [7, 11) is 0. The van der Waals surface area contributed by atoms with Gasteiger partial charge in [-0.25, -0.2) is 0 Å². The topological polar surface area (TPSA) is 104 Å². The van der Waals surface area contributed by atoms with Gasteiger partial charge in [-0.05, 0) is 60.6 Å². The van der Waals surface area contributed by atoms with Gasteiger partial charge in [-0.2, -0.15) is 15.8 Å². The Kier molecular flexibility index (Phi) is 5.09. The quantitative estimate of drug-likeness (QED) is 0.697. The first-order valence-electron chi connectivity index (χ1n) is 9.98. The number of para-hydroxylation sites is 1. The number of fused-ring (bicyclic) bond motifs is 1. The first-order chi connectivity index (χ1) is 14.6. The molecule has 0 aliphatic heterocycles. The molecular formula is C25H20N4O. The van der Waals surface area contributed by atoms with Crippen molar-refractivity contribution in [2.75, 3.05) is 0 Å². The van der Waals surface area contributed by atoms with E-state index in [9.17, 15) is 15.8 Å². The van der Waals surface area contributed by atoms with Gasteiger partial charge in [0.2, 0.25) is 0 Å². The number of hydrogen-bond donors (Lipinski definition) is 1. The Hall–Kier alpha value is -3.88. The van der Waals surface area contributed by atoms with E-state index in [0.29, 0.717) is 11.5 Å². The van der Waals surface area contributed by atoms with Gasteiger partial charge in [0, 0.05) is 5.92 Å². The van der Waals surface area contributed by atoms with Crippen LogP contribution in [0, 0.1) is 56.7 Å². The molecule has 1 fully saturated rings. The van der Waals surface area contributed by atoms with Gasteiger partial charge in [0.05, 0.1) is 23.9 Å². The van der Waals surface area contributed by atoms with Gasteiger partial charge >= 0.3 is 0 Å². The van der Waals surface area contributed by atoms with Gasteiger partial charge < -0.3 is 10.1 Å². The maximum atomic E-state index is 10.1. The number of allylic oxidation sites excluding steroid dienone is 2. The second kappa shape index (κ2) is 7.86. The molecule has 2 aliphatic carbocycles. The summed E-state index contributed by atoms with van der Waals surface area (Å²) in [5.41, 5.74) is -0.121. The Morgan fingerprint density at radius 1 is 0.967 bits per heavy atom. The third-order valence-electron chi connectivity index (χ3n) is 6.12. The number of nitrogens with zero attached hydrogens (tertiary/aromatic N) is 3. The minimum absolute atomic E-state index is 0.112. The Labute approximate surface area is 176 Å². The lowest BCUT2D eigenvalue weighted by atomic mass is 9.53. The largest absolute Gasteiger partial charge is 0.457 e. The third kappa shape index (κ3) is 3.04. The van der Waals surface area contributed by atoms with E-state index < -0.39 is 17.3 Å². The molecule has 30 heavy (non-hydrogen) atoms. The van der Waals surface area contributed by atoms with Crippen LogP contribution in [0.4, 0.5) is 0 Å². The highest BCUT2D eigenvalue weighted by Gasteiger charge is 2.57. The molecule has 4 rings (SSSR count). The van der Waals surface area contributed by atoms with Crippen molar-refractivity contribution in [3.05, 3.63) is 71.8 Å². The first-order valence-corrected chi connectivity index (χ1v) is 9.98. The summed E-state index contributed by atoms with van der Waals surface area (Å²) in [6, 6.07) is 23.3. The van der Waals surface area contributed by atoms with Crippen LogP contribution in [0.25, 0.3) is 0 Å². The van der Waals surface area contributed by atoms with Crippen molar-refractivity contribution in [2.24, 2.45) is 17.3 Å². The fourth-order valence-electron chi connectivity index (χ4n) is 4.78. The standard InChI is InChI=1S/C25H20N4O/c26-14-22-20-11-4-5-12-21(20)23(25(15-27,16-28)24(22)29)17-7-6-10-19(13-17)30-18-8-2-1-3-9-18/h1-3,6-11,13,21-23,29H,4-5,12H2/t21-,22-,23+/m1/s1. The number of benzene rings is 2. The van der Waals surface area contributed by atoms with Crippen LogP contribution >= 0.6 is 0 Å². The van der Waals surface area contributed by atoms with Crippen molar-refractivity contribution < 1.29 is 4.74 Å². The molecule has 146 valence electrons. The summed E-state index contributed by atoms with van der Waals surface area (Å²) in [5.74, 6) is -0.145. The number of nitriles is 3. The average Bonchev–Trinajstić information content (AvgIpc) is 2.79. The highest BCUT2D eigenvalue weighted by Crippen LogP contribution is 2.55. The van der Waals surface area contributed by atoms with E-state index in [4.69, 9.17) is 10.1 Å². The van der Waals surface area contributed by atoms with Gasteiger partial charge in [-0.3, -0.25) is 0 Å². The molecule has 1 saturated carbocycles. The zero-order valence-electron chi connectivity index (χ0n) is 16.4. The highest BCUT2D eigenvalue weighted by molar-refractivity contribution is 6.00. The molecular weight excluding hydrogens is 372 g/mol. The van der Waals surface area contributed by atoms with Crippen molar-refractivity contribution in [3.8, 4) is 29.7 Å². The Morgan fingerprint density at radius 2 is 1.70 bits per heavy atom. The van der Waals surface area contributed by atoms with Crippen molar-refractivity contribution in [1.29, 1.82) is 21.2 Å². The van der Waals surface area contributed by atoms with E-state index in [1.54, 1.807) is 0 Å². The summed E-state index contributed by atoms with van der Waals surface area (Å²) >= 11 is 0. The molecule has 0 amide bonds. The van der Waals surface area contributed by atoms with E-state index in [2.05, 4.69) is 18.2 Å². The van der Waals surface area contributed by atoms with Crippen molar-refractivity contribution >= 4 is 5.71 Å². The number of hydrogen-bond acceptors (Lipinski definition) is 5. The minimum Gasteiger partial charge on any atom is -0.457 e. The monoisotopic (exact) mass is 392 g/mol. The van der Waals surface area contributed by atoms with Gasteiger partial charge in [0.1, 0.15) is 17.4 Å². The molecule has 0 spiro atoms. The van der Waals surface area contributed by atoms with E-state index >= 15 is 0 Å². The molecule has 5 heteroatoms. The summed E-state index contributed by atoms with van der Waals surface area (Å²) in [6.45, 7) is 0. The lowest BCUT2D eigenvalue weighted by Gasteiger charge is -2.45. The third-order valence-corrected chi connectivity index (χ3v) is 6.12. The molecule has 2 aliphatic rings. The molecule has 1 N–H and O–H groups in total. The number of ether oxygens (including phenoxy) is 1. The average molecular weight is 392 g/mol. The van der Waals surface area contributed by atoms with Crippen molar-refractivity contribution in [2.45, 2.75) is 25.2 Å². The molecule has 2 aromatic carbocycles. The zero-order valence-corrected chi connectivity index (χ0v) is 16.4. The van der Waals surface area contributed by atoms with Gasteiger partial charge in [0.25, 0.3) is 0 Å². The second-order valence-corrected chi connectivity index (χ2v) is 7.71. The summed E-state index contributed by atoms with van der Waals surface area (Å²) < 4.78 is 5.96. The van der Waals surface area contributed by atoms with Gasteiger partial charge in [-0.1, -0.05) is 36.4 Å². The number of nitrogens with one attached hydrogen (secondary N) is 1. The maximum absolute atomic E-state index is 10.1. The molecule has 3 atom stereocenters. The first kappa shape index (κ1) is 19.4. The fourth-order valence-corrected chi connectivity index (χ4v) is 4.78. The molecule has 0 aromatic heterocycles. The van der Waals surface area contributed by atoms with Gasteiger partial charge in [-0.15, -0.1) is 0 Å². The van der Waals surface area contributed by atoms with Crippen LogP contribution in [-0.4, -0.2) is 5.71 Å². The lowest BCUT2D eigenvalue weighted by Crippen LogP contribution is -2.48. The lowest BCUT2D eigenvalue weighted by molar-refractivity contribution is 0.319. The Balaban J connectivity index is 1.82. The molecule has 0 saturated heterocycles. The SMILES string of the molecule is N#C[C@H]1C(=N)C(C#N)(C#N)[C@@H](c2cccc(Oc3ccccc3)c2)[C@@H]2CCCC=C12. The summed E-state index contributed by atoms with van der Waals surface area (Å²) in [4.78, 5) is 0. The second-order valence-electron chi connectivity index (χ2n) is 7.71. The Bertz CT molecular complexity index is 1120. The smallest absolute Gasteiger partial charge is 0.189 e. The van der Waals surface area contributed by atoms with E-state index in [1.807, 2.05) is 60.7 Å².